The minimum atomic E-state index is 0.308. The summed E-state index contributed by atoms with van der Waals surface area (Å²) in [5, 5.41) is 3.69. The Morgan fingerprint density at radius 1 is 1.05 bits per heavy atom. The maximum atomic E-state index is 4.58. The predicted octanol–water partition coefficient (Wildman–Crippen LogP) is 3.13. The summed E-state index contributed by atoms with van der Waals surface area (Å²) in [6, 6.07) is 13.5. The van der Waals surface area contributed by atoms with Crippen LogP contribution in [0.2, 0.25) is 0 Å². The first-order chi connectivity index (χ1) is 9.70. The number of nitrogens with one attached hydrogen (secondary N) is 1. The van der Waals surface area contributed by atoms with Crippen molar-refractivity contribution in [2.45, 2.75) is 45.2 Å². The molecule has 1 aliphatic heterocycles. The van der Waals surface area contributed by atoms with Crippen LogP contribution in [0.1, 0.15) is 41.7 Å². The van der Waals surface area contributed by atoms with Crippen molar-refractivity contribution in [3.63, 3.8) is 0 Å². The van der Waals surface area contributed by atoms with Crippen LogP contribution < -0.4 is 5.32 Å². The average Bonchev–Trinajstić information content (AvgIpc) is 2.87. The van der Waals surface area contributed by atoms with Gasteiger partial charge in [0, 0.05) is 17.4 Å². The molecule has 104 valence electrons. The molecule has 0 amide bonds. The molecule has 1 saturated heterocycles. The lowest BCUT2D eigenvalue weighted by Crippen LogP contribution is -2.27. The third-order valence-corrected chi connectivity index (χ3v) is 3.88. The van der Waals surface area contributed by atoms with Crippen LogP contribution in [0.4, 0.5) is 0 Å². The minimum Gasteiger partial charge on any atom is -0.304 e. The normalized spacial score (nSPS) is 22.1. The Labute approximate surface area is 120 Å². The molecular formula is C17H21N3. The highest BCUT2D eigenvalue weighted by Gasteiger charge is 2.27. The van der Waals surface area contributed by atoms with Crippen LogP contribution in [0.5, 0.6) is 0 Å². The maximum absolute atomic E-state index is 4.58. The summed E-state index contributed by atoms with van der Waals surface area (Å²) < 4.78 is 0. The molecule has 0 spiro atoms. The molecule has 0 aliphatic carbocycles. The topological polar surface area (TPSA) is 37.8 Å². The van der Waals surface area contributed by atoms with Crippen molar-refractivity contribution in [1.82, 2.24) is 15.3 Å². The van der Waals surface area contributed by atoms with Crippen LogP contribution in [0.3, 0.4) is 0 Å². The Hall–Kier alpha value is -1.74. The molecule has 3 nitrogen and oxygen atoms in total. The van der Waals surface area contributed by atoms with E-state index in [2.05, 4.69) is 45.6 Å². The van der Waals surface area contributed by atoms with E-state index in [0.717, 1.165) is 30.1 Å². The Morgan fingerprint density at radius 2 is 1.75 bits per heavy atom. The summed E-state index contributed by atoms with van der Waals surface area (Å²) in [4.78, 5) is 9.17. The molecule has 3 rings (SSSR count). The van der Waals surface area contributed by atoms with Gasteiger partial charge in [-0.1, -0.05) is 30.3 Å². The second-order valence-corrected chi connectivity index (χ2v) is 5.69. The third kappa shape index (κ3) is 3.05. The van der Waals surface area contributed by atoms with E-state index in [1.165, 1.54) is 12.0 Å². The molecule has 1 N–H and O–H groups in total. The fraction of sp³-hybridized carbons (Fsp3) is 0.412. The summed E-state index contributed by atoms with van der Waals surface area (Å²) in [6.45, 7) is 4.07. The van der Waals surface area contributed by atoms with Crippen LogP contribution in [0.15, 0.2) is 36.4 Å². The van der Waals surface area contributed by atoms with Crippen molar-refractivity contribution in [3.8, 4) is 0 Å². The molecule has 1 aromatic carbocycles. The van der Waals surface area contributed by atoms with Gasteiger partial charge in [0.05, 0.1) is 6.04 Å². The van der Waals surface area contributed by atoms with Crippen molar-refractivity contribution in [2.75, 3.05) is 0 Å². The van der Waals surface area contributed by atoms with Crippen molar-refractivity contribution in [1.29, 1.82) is 0 Å². The second kappa shape index (κ2) is 5.71. The summed E-state index contributed by atoms with van der Waals surface area (Å²) in [7, 11) is 0. The van der Waals surface area contributed by atoms with Gasteiger partial charge < -0.3 is 5.32 Å². The zero-order valence-corrected chi connectivity index (χ0v) is 12.1. The molecule has 20 heavy (non-hydrogen) atoms. The smallest absolute Gasteiger partial charge is 0.145 e. The van der Waals surface area contributed by atoms with Crippen LogP contribution in [-0.2, 0) is 6.42 Å². The van der Waals surface area contributed by atoms with Crippen molar-refractivity contribution < 1.29 is 0 Å². The first-order valence-electron chi connectivity index (χ1n) is 7.33. The lowest BCUT2D eigenvalue weighted by atomic mass is 10.0. The molecular weight excluding hydrogens is 246 g/mol. The Balaban J connectivity index is 1.67. The summed E-state index contributed by atoms with van der Waals surface area (Å²) in [6.07, 6.45) is 3.40. The van der Waals surface area contributed by atoms with Gasteiger partial charge in [0.25, 0.3) is 0 Å². The second-order valence-electron chi connectivity index (χ2n) is 5.69. The van der Waals surface area contributed by atoms with Crippen LogP contribution in [-0.4, -0.2) is 16.0 Å². The SMILES string of the molecule is Cc1cc(C)nc([C@@H]2CC[C@@H](Cc3ccccc3)N2)n1. The van der Waals surface area contributed by atoms with E-state index in [0.29, 0.717) is 12.1 Å². The quantitative estimate of drug-likeness (QED) is 0.928. The van der Waals surface area contributed by atoms with Crippen molar-refractivity contribution in [2.24, 2.45) is 0 Å². The number of hydrogen-bond acceptors (Lipinski definition) is 3. The van der Waals surface area contributed by atoms with Gasteiger partial charge in [-0.15, -0.1) is 0 Å². The summed E-state index contributed by atoms with van der Waals surface area (Å²) in [5.74, 6) is 0.957. The third-order valence-electron chi connectivity index (χ3n) is 3.88. The molecule has 0 radical (unpaired) electrons. The standard InChI is InChI=1S/C17H21N3/c1-12-10-13(2)19-17(18-12)16-9-8-15(20-16)11-14-6-4-3-5-7-14/h3-7,10,15-16,20H,8-9,11H2,1-2H3/t15-,16-/m0/s1. The van der Waals surface area contributed by atoms with Crippen molar-refractivity contribution >= 4 is 0 Å². The molecule has 1 aliphatic rings. The number of aryl methyl sites for hydroxylation is 2. The number of nitrogens with zero attached hydrogens (tertiary/aromatic N) is 2. The molecule has 0 unspecified atom stereocenters. The number of hydrogen-bond donors (Lipinski definition) is 1. The monoisotopic (exact) mass is 267 g/mol. The molecule has 2 aromatic rings. The highest BCUT2D eigenvalue weighted by molar-refractivity contribution is 5.17. The zero-order valence-electron chi connectivity index (χ0n) is 12.1. The number of rotatable bonds is 3. The first-order valence-corrected chi connectivity index (χ1v) is 7.33. The van der Waals surface area contributed by atoms with Gasteiger partial charge in [0.15, 0.2) is 0 Å². The molecule has 1 aromatic heterocycles. The van der Waals surface area contributed by atoms with E-state index in [9.17, 15) is 0 Å². The van der Waals surface area contributed by atoms with E-state index in [1.807, 2.05) is 19.9 Å². The first kappa shape index (κ1) is 13.3. The highest BCUT2D eigenvalue weighted by Crippen LogP contribution is 2.26. The molecule has 0 saturated carbocycles. The zero-order chi connectivity index (χ0) is 13.9. The van der Waals surface area contributed by atoms with Crippen molar-refractivity contribution in [3.05, 3.63) is 59.2 Å². The van der Waals surface area contributed by atoms with E-state index in [-0.39, 0.29) is 0 Å². The Bertz CT molecular complexity index is 560. The average molecular weight is 267 g/mol. The molecule has 2 heterocycles. The Morgan fingerprint density at radius 3 is 2.45 bits per heavy atom. The Kier molecular flexibility index (Phi) is 3.79. The summed E-state index contributed by atoms with van der Waals surface area (Å²) in [5.41, 5.74) is 3.51. The van der Waals surface area contributed by atoms with E-state index >= 15 is 0 Å². The summed E-state index contributed by atoms with van der Waals surface area (Å²) >= 11 is 0. The predicted molar refractivity (Wildman–Crippen MR) is 80.6 cm³/mol. The van der Waals surface area contributed by atoms with Gasteiger partial charge in [-0.05, 0) is 44.7 Å². The van der Waals surface area contributed by atoms with Gasteiger partial charge in [0.1, 0.15) is 5.82 Å². The van der Waals surface area contributed by atoms with Gasteiger partial charge >= 0.3 is 0 Å². The van der Waals surface area contributed by atoms with Crippen LogP contribution in [0, 0.1) is 13.8 Å². The van der Waals surface area contributed by atoms with Crippen LogP contribution in [0.25, 0.3) is 0 Å². The molecule has 3 heteroatoms. The largest absolute Gasteiger partial charge is 0.304 e. The van der Waals surface area contributed by atoms with Gasteiger partial charge in [-0.3, -0.25) is 0 Å². The van der Waals surface area contributed by atoms with Crippen LogP contribution >= 0.6 is 0 Å². The van der Waals surface area contributed by atoms with Gasteiger partial charge in [-0.2, -0.15) is 0 Å². The lowest BCUT2D eigenvalue weighted by molar-refractivity contribution is 0.530. The maximum Gasteiger partial charge on any atom is 0.145 e. The minimum absolute atomic E-state index is 0.308. The van der Waals surface area contributed by atoms with Gasteiger partial charge in [0.2, 0.25) is 0 Å². The van der Waals surface area contributed by atoms with E-state index in [1.54, 1.807) is 0 Å². The molecule has 1 fully saturated rings. The molecule has 2 atom stereocenters. The highest BCUT2D eigenvalue weighted by atomic mass is 15.1. The van der Waals surface area contributed by atoms with Gasteiger partial charge in [-0.25, -0.2) is 9.97 Å². The fourth-order valence-corrected chi connectivity index (χ4v) is 2.99. The van der Waals surface area contributed by atoms with E-state index in [4.69, 9.17) is 0 Å². The number of aromatic nitrogens is 2. The number of benzene rings is 1. The fourth-order valence-electron chi connectivity index (χ4n) is 2.99. The lowest BCUT2D eigenvalue weighted by Gasteiger charge is -2.14. The van der Waals surface area contributed by atoms with E-state index < -0.39 is 0 Å². The molecule has 0 bridgehead atoms.